The van der Waals surface area contributed by atoms with Crippen molar-refractivity contribution in [1.29, 1.82) is 0 Å². The van der Waals surface area contributed by atoms with Gasteiger partial charge in [0.15, 0.2) is 0 Å². The fourth-order valence-electron chi connectivity index (χ4n) is 6.00. The summed E-state index contributed by atoms with van der Waals surface area (Å²) in [5.41, 5.74) is 8.23. The Morgan fingerprint density at radius 3 is 1.08 bits per heavy atom. The number of hydrogen-bond acceptors (Lipinski definition) is 4. The van der Waals surface area contributed by atoms with E-state index in [2.05, 4.69) is 61.7 Å². The predicted octanol–water partition coefficient (Wildman–Crippen LogP) is 6.97. The molecular weight excluding hydrogens is 496 g/mol. The molecule has 0 atom stereocenters. The van der Waals surface area contributed by atoms with E-state index in [1.54, 1.807) is 0 Å². The van der Waals surface area contributed by atoms with Gasteiger partial charge >= 0.3 is 221 Å². The molecular formula is C32H24O4Ti. The van der Waals surface area contributed by atoms with Crippen LogP contribution in [0.2, 0.25) is 0 Å². The second-order valence-corrected chi connectivity index (χ2v) is 13.9. The molecule has 4 nitrogen and oxygen atoms in total. The second kappa shape index (κ2) is 9.15. The molecule has 0 heterocycles. The molecule has 0 unspecified atom stereocenters. The van der Waals surface area contributed by atoms with E-state index < -0.39 is 37.7 Å². The first kappa shape index (κ1) is 23.4. The molecule has 37 heavy (non-hydrogen) atoms. The van der Waals surface area contributed by atoms with Gasteiger partial charge in [-0.15, -0.1) is 0 Å². The average molecular weight is 520 g/mol. The van der Waals surface area contributed by atoms with E-state index in [0.29, 0.717) is 0 Å². The molecule has 0 aliphatic heterocycles. The Hall–Kier alpha value is -3.99. The predicted molar refractivity (Wildman–Crippen MR) is 140 cm³/mol. The molecule has 0 saturated heterocycles. The van der Waals surface area contributed by atoms with Gasteiger partial charge in [-0.1, -0.05) is 0 Å². The topological polar surface area (TPSA) is 52.6 Å². The van der Waals surface area contributed by atoms with E-state index in [-0.39, 0.29) is 0 Å². The van der Waals surface area contributed by atoms with E-state index >= 15 is 0 Å². The molecule has 0 aromatic heterocycles. The van der Waals surface area contributed by atoms with Gasteiger partial charge in [0.1, 0.15) is 0 Å². The van der Waals surface area contributed by atoms with Crippen molar-refractivity contribution in [3.05, 3.63) is 145 Å². The van der Waals surface area contributed by atoms with Crippen LogP contribution in [0.25, 0.3) is 22.3 Å². The number of carbonyl (C=O) groups is 2. The molecule has 5 heteroatoms. The Balaban J connectivity index is 1.72. The zero-order valence-electron chi connectivity index (χ0n) is 20.1. The minimum absolute atomic E-state index is 0.413. The third-order valence-corrected chi connectivity index (χ3v) is 13.4. The van der Waals surface area contributed by atoms with Crippen LogP contribution >= 0.6 is 0 Å². The molecule has 0 radical (unpaired) electrons. The van der Waals surface area contributed by atoms with Crippen molar-refractivity contribution < 1.29 is 33.6 Å². The summed E-state index contributed by atoms with van der Waals surface area (Å²) in [5.74, 6) is -1.19. The first-order valence-electron chi connectivity index (χ1n) is 12.2. The van der Waals surface area contributed by atoms with E-state index in [0.717, 1.165) is 56.7 Å². The number of benzene rings is 4. The molecule has 0 bridgehead atoms. The molecule has 4 aromatic rings. The van der Waals surface area contributed by atoms with Crippen molar-refractivity contribution in [2.45, 2.75) is 8.45 Å². The van der Waals surface area contributed by atoms with Crippen molar-refractivity contribution >= 4 is 11.9 Å². The van der Waals surface area contributed by atoms with E-state index in [4.69, 9.17) is 6.64 Å². The summed E-state index contributed by atoms with van der Waals surface area (Å²) in [7, 11) is 0. The molecule has 6 rings (SSSR count). The standard InChI is InChI=1S/2C13H9.2C3H4O2.Ti/c2*1-3-7-12-10(5-1)9-11-6-2-4-8-13(11)12;2*1-2-3(4)5;/h2*1-9H;2*2H,1H2,(H,4,5);/q;;;;+2/p-2. The van der Waals surface area contributed by atoms with Crippen molar-refractivity contribution in [1.82, 2.24) is 0 Å². The maximum absolute atomic E-state index is 13.1. The van der Waals surface area contributed by atoms with Gasteiger partial charge in [0.05, 0.1) is 0 Å². The molecule has 180 valence electrons. The van der Waals surface area contributed by atoms with Crippen molar-refractivity contribution in [3.63, 3.8) is 0 Å². The Bertz CT molecular complexity index is 1380. The van der Waals surface area contributed by atoms with Gasteiger partial charge in [-0.2, -0.15) is 0 Å². The Labute approximate surface area is 220 Å². The van der Waals surface area contributed by atoms with Crippen molar-refractivity contribution in [2.24, 2.45) is 0 Å². The van der Waals surface area contributed by atoms with Gasteiger partial charge < -0.3 is 0 Å². The van der Waals surface area contributed by atoms with Crippen LogP contribution in [0, 0.1) is 0 Å². The molecule has 0 fully saturated rings. The minimum atomic E-state index is -4.71. The van der Waals surface area contributed by atoms with Gasteiger partial charge in [-0.3, -0.25) is 0 Å². The first-order valence-corrected chi connectivity index (χ1v) is 15.2. The van der Waals surface area contributed by atoms with E-state index in [9.17, 15) is 9.59 Å². The number of carbonyl (C=O) groups excluding carboxylic acids is 2. The van der Waals surface area contributed by atoms with Gasteiger partial charge in [-0.25, -0.2) is 0 Å². The fourth-order valence-corrected chi connectivity index (χ4v) is 12.8. The zero-order chi connectivity index (χ0) is 25.6. The monoisotopic (exact) mass is 520 g/mol. The van der Waals surface area contributed by atoms with Crippen LogP contribution in [0.1, 0.15) is 30.7 Å². The molecule has 0 spiro atoms. The van der Waals surface area contributed by atoms with Crippen LogP contribution in [0.5, 0.6) is 0 Å². The summed E-state index contributed by atoms with van der Waals surface area (Å²) in [5, 5.41) is 0. The Morgan fingerprint density at radius 1 is 0.541 bits per heavy atom. The molecule has 0 saturated carbocycles. The quantitative estimate of drug-likeness (QED) is 0.204. The van der Waals surface area contributed by atoms with Crippen LogP contribution < -0.4 is 0 Å². The number of hydrogen-bond donors (Lipinski definition) is 0. The molecule has 0 amide bonds. The van der Waals surface area contributed by atoms with Gasteiger partial charge in [0.2, 0.25) is 0 Å². The first-order chi connectivity index (χ1) is 18.1. The van der Waals surface area contributed by atoms with Crippen molar-refractivity contribution in [3.8, 4) is 22.3 Å². The van der Waals surface area contributed by atoms with E-state index in [1.807, 2.05) is 48.5 Å². The van der Waals surface area contributed by atoms with Crippen LogP contribution in [0.3, 0.4) is 0 Å². The normalized spacial score (nSPS) is 13.6. The summed E-state index contributed by atoms with van der Waals surface area (Å²) in [6.07, 6.45) is 2.31. The van der Waals surface area contributed by atoms with Gasteiger partial charge in [-0.05, 0) is 0 Å². The van der Waals surface area contributed by atoms with Crippen LogP contribution in [-0.2, 0) is 33.6 Å². The van der Waals surface area contributed by atoms with Crippen LogP contribution in [0.15, 0.2) is 122 Å². The molecule has 0 N–H and O–H groups in total. The summed E-state index contributed by atoms with van der Waals surface area (Å²) < 4.78 is 12.2. The molecule has 4 aromatic carbocycles. The molecule has 2 aliphatic carbocycles. The zero-order valence-corrected chi connectivity index (χ0v) is 21.7. The molecule has 2 aliphatic rings. The SMILES string of the molecule is C=CC(=O)[O][Ti]([O]C(=O)C=C)([CH]1c2ccccc2-c2ccccc21)[CH]1c2ccccc2-c2ccccc21. The Kier molecular flexibility index (Phi) is 5.79. The fraction of sp³-hybridized carbons (Fsp3) is 0.0625. The Morgan fingerprint density at radius 2 is 0.811 bits per heavy atom. The third kappa shape index (κ3) is 3.56. The van der Waals surface area contributed by atoms with Crippen LogP contribution in [0.4, 0.5) is 0 Å². The van der Waals surface area contributed by atoms with Gasteiger partial charge in [0.25, 0.3) is 0 Å². The average Bonchev–Trinajstić information content (AvgIpc) is 3.46. The maximum atomic E-state index is 13.1. The summed E-state index contributed by atoms with van der Waals surface area (Å²) in [6.45, 7) is 7.34. The van der Waals surface area contributed by atoms with Crippen molar-refractivity contribution in [2.75, 3.05) is 0 Å². The van der Waals surface area contributed by atoms with Gasteiger partial charge in [0, 0.05) is 0 Å². The van der Waals surface area contributed by atoms with Crippen LogP contribution in [-0.4, -0.2) is 11.9 Å². The summed E-state index contributed by atoms with van der Waals surface area (Å²) in [6, 6.07) is 32.4. The summed E-state index contributed by atoms with van der Waals surface area (Å²) in [4.78, 5) is 26.3. The summed E-state index contributed by atoms with van der Waals surface area (Å²) >= 11 is -4.71. The third-order valence-electron chi connectivity index (χ3n) is 7.33. The number of fused-ring (bicyclic) bond motifs is 6. The number of rotatable bonds is 6. The second-order valence-electron chi connectivity index (χ2n) is 9.19. The van der Waals surface area contributed by atoms with E-state index in [1.165, 1.54) is 0 Å².